The summed E-state index contributed by atoms with van der Waals surface area (Å²) in [4.78, 5) is 23.7. The highest BCUT2D eigenvalue weighted by atomic mass is 79.9. The molecule has 2 amide bonds. The highest BCUT2D eigenvalue weighted by Gasteiger charge is 2.14. The quantitative estimate of drug-likeness (QED) is 0.797. The first-order valence-corrected chi connectivity index (χ1v) is 5.30. The van der Waals surface area contributed by atoms with E-state index >= 15 is 0 Å². The fourth-order valence-corrected chi connectivity index (χ4v) is 1.45. The first-order chi connectivity index (χ1) is 7.41. The maximum Gasteiger partial charge on any atom is 0.254 e. The van der Waals surface area contributed by atoms with Crippen LogP contribution in [0.1, 0.15) is 10.4 Å². The summed E-state index contributed by atoms with van der Waals surface area (Å²) in [7, 11) is 1.51. The Bertz CT molecular complexity index is 434. The molecular weight excluding hydrogens is 274 g/mol. The van der Waals surface area contributed by atoms with Crippen LogP contribution >= 0.6 is 15.9 Å². The van der Waals surface area contributed by atoms with Crippen molar-refractivity contribution in [3.63, 3.8) is 0 Å². The minimum Gasteiger partial charge on any atom is -0.398 e. The Labute approximate surface area is 102 Å². The van der Waals surface area contributed by atoms with Gasteiger partial charge in [-0.15, -0.1) is 0 Å². The minimum atomic E-state index is -0.555. The van der Waals surface area contributed by atoms with Crippen molar-refractivity contribution < 1.29 is 9.59 Å². The second-order valence-electron chi connectivity index (χ2n) is 3.36. The van der Waals surface area contributed by atoms with Crippen molar-refractivity contribution in [2.75, 3.05) is 19.3 Å². The van der Waals surface area contributed by atoms with Crippen LogP contribution in [0.2, 0.25) is 0 Å². The van der Waals surface area contributed by atoms with Crippen molar-refractivity contribution >= 4 is 33.4 Å². The van der Waals surface area contributed by atoms with Crippen molar-refractivity contribution in [2.24, 2.45) is 5.73 Å². The molecule has 5 nitrogen and oxygen atoms in total. The van der Waals surface area contributed by atoms with Crippen LogP contribution in [-0.2, 0) is 4.79 Å². The zero-order valence-electron chi connectivity index (χ0n) is 8.74. The average Bonchev–Trinajstić information content (AvgIpc) is 2.20. The summed E-state index contributed by atoms with van der Waals surface area (Å²) < 4.78 is 0.724. The molecule has 1 aromatic rings. The lowest BCUT2D eigenvalue weighted by Gasteiger charge is -2.15. The van der Waals surface area contributed by atoms with Crippen LogP contribution in [0.3, 0.4) is 0 Å². The summed E-state index contributed by atoms with van der Waals surface area (Å²) in [6.07, 6.45) is 0. The van der Waals surface area contributed by atoms with Crippen LogP contribution in [0.4, 0.5) is 5.69 Å². The SMILES string of the molecule is CN(CC(N)=O)C(=O)c1ccc(Br)c(N)c1. The molecular formula is C10H12BrN3O2. The summed E-state index contributed by atoms with van der Waals surface area (Å²) >= 11 is 3.23. The molecule has 0 saturated heterocycles. The predicted octanol–water partition coefficient (Wildman–Crippen LogP) is 0.589. The lowest BCUT2D eigenvalue weighted by atomic mass is 10.2. The van der Waals surface area contributed by atoms with Gasteiger partial charge in [0.15, 0.2) is 0 Å². The number of likely N-dealkylation sites (N-methyl/N-ethyl adjacent to an activating group) is 1. The van der Waals surface area contributed by atoms with E-state index in [1.807, 2.05) is 0 Å². The number of nitrogens with two attached hydrogens (primary N) is 2. The molecule has 1 aromatic carbocycles. The zero-order valence-corrected chi connectivity index (χ0v) is 10.3. The van der Waals surface area contributed by atoms with E-state index in [2.05, 4.69) is 15.9 Å². The molecule has 86 valence electrons. The lowest BCUT2D eigenvalue weighted by Crippen LogP contribution is -2.35. The number of hydrogen-bond acceptors (Lipinski definition) is 3. The zero-order chi connectivity index (χ0) is 12.3. The lowest BCUT2D eigenvalue weighted by molar-refractivity contribution is -0.118. The van der Waals surface area contributed by atoms with Crippen molar-refractivity contribution in [3.05, 3.63) is 28.2 Å². The summed E-state index contributed by atoms with van der Waals surface area (Å²) in [6.45, 7) is -0.116. The number of carbonyl (C=O) groups is 2. The Morgan fingerprint density at radius 2 is 2.06 bits per heavy atom. The van der Waals surface area contributed by atoms with Gasteiger partial charge < -0.3 is 16.4 Å². The summed E-state index contributed by atoms with van der Waals surface area (Å²) in [5.41, 5.74) is 11.5. The number of nitrogens with zero attached hydrogens (tertiary/aromatic N) is 1. The molecule has 0 saturated carbocycles. The van der Waals surface area contributed by atoms with Crippen LogP contribution in [0.15, 0.2) is 22.7 Å². The van der Waals surface area contributed by atoms with E-state index in [1.54, 1.807) is 18.2 Å². The van der Waals surface area contributed by atoms with Gasteiger partial charge >= 0.3 is 0 Å². The van der Waals surface area contributed by atoms with Gasteiger partial charge in [0.2, 0.25) is 5.91 Å². The average molecular weight is 286 g/mol. The molecule has 0 aromatic heterocycles. The minimum absolute atomic E-state index is 0.116. The van der Waals surface area contributed by atoms with Crippen LogP contribution in [0, 0.1) is 0 Å². The summed E-state index contributed by atoms with van der Waals surface area (Å²) in [5, 5.41) is 0. The largest absolute Gasteiger partial charge is 0.398 e. The van der Waals surface area contributed by atoms with Crippen LogP contribution in [0.5, 0.6) is 0 Å². The fourth-order valence-electron chi connectivity index (χ4n) is 1.20. The molecule has 0 radical (unpaired) electrons. The molecule has 6 heteroatoms. The van der Waals surface area contributed by atoms with Crippen molar-refractivity contribution in [3.8, 4) is 0 Å². The number of amides is 2. The van der Waals surface area contributed by atoms with Gasteiger partial charge in [0, 0.05) is 22.8 Å². The third kappa shape index (κ3) is 2.96. The highest BCUT2D eigenvalue weighted by Crippen LogP contribution is 2.20. The molecule has 0 bridgehead atoms. The van der Waals surface area contributed by atoms with Gasteiger partial charge in [0.05, 0.1) is 6.54 Å². The number of hydrogen-bond donors (Lipinski definition) is 2. The standard InChI is InChI=1S/C10H12BrN3O2/c1-14(5-9(13)15)10(16)6-2-3-7(11)8(12)4-6/h2-4H,5,12H2,1H3,(H2,13,15). The fraction of sp³-hybridized carbons (Fsp3) is 0.200. The molecule has 0 unspecified atom stereocenters. The molecule has 1 rings (SSSR count). The Hall–Kier alpha value is -1.56. The van der Waals surface area contributed by atoms with E-state index in [-0.39, 0.29) is 12.5 Å². The molecule has 0 aliphatic carbocycles. The van der Waals surface area contributed by atoms with Crippen molar-refractivity contribution in [1.29, 1.82) is 0 Å². The number of halogens is 1. The second-order valence-corrected chi connectivity index (χ2v) is 4.22. The Balaban J connectivity index is 2.88. The topological polar surface area (TPSA) is 89.4 Å². The number of primary amides is 1. The number of anilines is 1. The van der Waals surface area contributed by atoms with Gasteiger partial charge in [-0.3, -0.25) is 9.59 Å². The number of rotatable bonds is 3. The van der Waals surface area contributed by atoms with Gasteiger partial charge in [0.1, 0.15) is 0 Å². The molecule has 0 fully saturated rings. The van der Waals surface area contributed by atoms with Gasteiger partial charge in [-0.1, -0.05) is 0 Å². The highest BCUT2D eigenvalue weighted by molar-refractivity contribution is 9.10. The Morgan fingerprint density at radius 3 is 2.56 bits per heavy atom. The van der Waals surface area contributed by atoms with Crippen LogP contribution in [0.25, 0.3) is 0 Å². The molecule has 16 heavy (non-hydrogen) atoms. The number of carbonyl (C=O) groups excluding carboxylic acids is 2. The Kier molecular flexibility index (Phi) is 3.89. The van der Waals surface area contributed by atoms with E-state index in [9.17, 15) is 9.59 Å². The van der Waals surface area contributed by atoms with E-state index in [0.717, 1.165) is 4.47 Å². The van der Waals surface area contributed by atoms with E-state index < -0.39 is 5.91 Å². The monoisotopic (exact) mass is 285 g/mol. The predicted molar refractivity (Wildman–Crippen MR) is 64.7 cm³/mol. The molecule has 0 atom stereocenters. The van der Waals surface area contributed by atoms with E-state index in [4.69, 9.17) is 11.5 Å². The van der Waals surface area contributed by atoms with Crippen LogP contribution in [-0.4, -0.2) is 30.3 Å². The van der Waals surface area contributed by atoms with E-state index in [1.165, 1.54) is 11.9 Å². The normalized spacial score (nSPS) is 9.88. The van der Waals surface area contributed by atoms with Crippen LogP contribution < -0.4 is 11.5 Å². The number of nitrogen functional groups attached to an aromatic ring is 1. The maximum atomic E-state index is 11.8. The maximum absolute atomic E-state index is 11.8. The van der Waals surface area contributed by atoms with Crippen molar-refractivity contribution in [1.82, 2.24) is 4.90 Å². The first-order valence-electron chi connectivity index (χ1n) is 4.50. The van der Waals surface area contributed by atoms with Gasteiger partial charge in [-0.25, -0.2) is 0 Å². The second kappa shape index (κ2) is 4.98. The molecule has 0 aliphatic heterocycles. The smallest absolute Gasteiger partial charge is 0.254 e. The summed E-state index contributed by atoms with van der Waals surface area (Å²) in [5.74, 6) is -0.848. The summed E-state index contributed by atoms with van der Waals surface area (Å²) in [6, 6.07) is 4.85. The number of benzene rings is 1. The van der Waals surface area contributed by atoms with E-state index in [0.29, 0.717) is 11.3 Å². The molecule has 4 N–H and O–H groups in total. The third-order valence-electron chi connectivity index (χ3n) is 1.98. The van der Waals surface area contributed by atoms with Gasteiger partial charge in [-0.2, -0.15) is 0 Å². The molecule has 0 heterocycles. The van der Waals surface area contributed by atoms with Crippen molar-refractivity contribution in [2.45, 2.75) is 0 Å². The molecule has 0 aliphatic rings. The third-order valence-corrected chi connectivity index (χ3v) is 2.70. The first kappa shape index (κ1) is 12.5. The van der Waals surface area contributed by atoms with Gasteiger partial charge in [0.25, 0.3) is 5.91 Å². The van der Waals surface area contributed by atoms with Gasteiger partial charge in [-0.05, 0) is 34.1 Å². The molecule has 0 spiro atoms. The Morgan fingerprint density at radius 1 is 1.44 bits per heavy atom.